The third-order valence-electron chi connectivity index (χ3n) is 5.82. The molecule has 4 rings (SSSR count). The van der Waals surface area contributed by atoms with Gasteiger partial charge in [0.05, 0.1) is 6.61 Å². The maximum Gasteiger partial charge on any atom is 0.222 e. The van der Waals surface area contributed by atoms with Crippen LogP contribution in [0, 0.1) is 23.2 Å². The second-order valence-electron chi connectivity index (χ2n) is 7.46. The number of carbonyl (C=O) groups excluding carboxylic acids is 1. The monoisotopic (exact) mass is 279 g/mol. The Kier molecular flexibility index (Phi) is 4.34. The fourth-order valence-electron chi connectivity index (χ4n) is 5.46. The molecule has 0 radical (unpaired) electrons. The van der Waals surface area contributed by atoms with Crippen molar-refractivity contribution in [2.24, 2.45) is 23.2 Å². The first-order chi connectivity index (χ1) is 9.69. The summed E-state index contributed by atoms with van der Waals surface area (Å²) in [6.07, 6.45) is 10.5. The van der Waals surface area contributed by atoms with Gasteiger partial charge in [-0.15, -0.1) is 0 Å². The summed E-state index contributed by atoms with van der Waals surface area (Å²) in [5.74, 6) is 3.18. The van der Waals surface area contributed by atoms with E-state index in [0.717, 1.165) is 24.3 Å². The van der Waals surface area contributed by atoms with Crippen LogP contribution in [0.3, 0.4) is 0 Å². The van der Waals surface area contributed by atoms with Gasteiger partial charge < -0.3 is 10.1 Å². The Bertz CT molecular complexity index is 318. The van der Waals surface area contributed by atoms with Crippen molar-refractivity contribution < 1.29 is 9.53 Å². The summed E-state index contributed by atoms with van der Waals surface area (Å²) in [7, 11) is 0. The average molecular weight is 279 g/mol. The second kappa shape index (κ2) is 6.05. The Morgan fingerprint density at radius 2 is 1.75 bits per heavy atom. The molecule has 4 aliphatic carbocycles. The van der Waals surface area contributed by atoms with Crippen LogP contribution in [0.2, 0.25) is 0 Å². The van der Waals surface area contributed by atoms with Crippen LogP contribution >= 0.6 is 0 Å². The van der Waals surface area contributed by atoms with Gasteiger partial charge in [-0.25, -0.2) is 0 Å². The van der Waals surface area contributed by atoms with Gasteiger partial charge in [-0.2, -0.15) is 0 Å². The fourth-order valence-corrected chi connectivity index (χ4v) is 5.46. The van der Waals surface area contributed by atoms with Crippen LogP contribution in [0.25, 0.3) is 0 Å². The first kappa shape index (κ1) is 14.4. The van der Waals surface area contributed by atoms with Crippen LogP contribution in [-0.2, 0) is 9.53 Å². The van der Waals surface area contributed by atoms with Crippen LogP contribution < -0.4 is 5.32 Å². The molecule has 4 fully saturated rings. The highest BCUT2D eigenvalue weighted by Crippen LogP contribution is 2.61. The van der Waals surface area contributed by atoms with E-state index in [-0.39, 0.29) is 5.91 Å². The van der Waals surface area contributed by atoms with Gasteiger partial charge in [-0.3, -0.25) is 4.79 Å². The Morgan fingerprint density at radius 3 is 2.30 bits per heavy atom. The van der Waals surface area contributed by atoms with Gasteiger partial charge in [0.2, 0.25) is 5.91 Å². The summed E-state index contributed by atoms with van der Waals surface area (Å²) >= 11 is 0. The summed E-state index contributed by atoms with van der Waals surface area (Å²) in [5, 5.41) is 3.10. The maximum absolute atomic E-state index is 11.7. The Balaban J connectivity index is 1.41. The fraction of sp³-hybridized carbons (Fsp3) is 0.941. The first-order valence-electron chi connectivity index (χ1n) is 8.53. The van der Waals surface area contributed by atoms with Gasteiger partial charge in [0.15, 0.2) is 0 Å². The molecule has 0 aromatic carbocycles. The first-order valence-corrected chi connectivity index (χ1v) is 8.53. The van der Waals surface area contributed by atoms with Crippen LogP contribution in [-0.4, -0.2) is 25.7 Å². The summed E-state index contributed by atoms with van der Waals surface area (Å²) in [6.45, 7) is 4.09. The van der Waals surface area contributed by atoms with Gasteiger partial charge >= 0.3 is 0 Å². The lowest BCUT2D eigenvalue weighted by atomic mass is 9.49. The third kappa shape index (κ3) is 3.19. The number of amides is 1. The van der Waals surface area contributed by atoms with E-state index < -0.39 is 0 Å². The molecule has 1 amide bonds. The van der Waals surface area contributed by atoms with Gasteiger partial charge in [0.25, 0.3) is 0 Å². The predicted molar refractivity (Wildman–Crippen MR) is 79.3 cm³/mol. The number of nitrogens with one attached hydrogen (secondary N) is 1. The third-order valence-corrected chi connectivity index (χ3v) is 5.82. The molecule has 3 heteroatoms. The summed E-state index contributed by atoms with van der Waals surface area (Å²) in [6, 6.07) is 0. The van der Waals surface area contributed by atoms with E-state index >= 15 is 0 Å². The highest BCUT2D eigenvalue weighted by molar-refractivity contribution is 5.75. The van der Waals surface area contributed by atoms with Crippen molar-refractivity contribution in [3.05, 3.63) is 0 Å². The van der Waals surface area contributed by atoms with Crippen molar-refractivity contribution in [3.8, 4) is 0 Å². The minimum Gasteiger partial charge on any atom is -0.381 e. The number of rotatable bonds is 7. The standard InChI is InChI=1S/C17H29NO2/c1-2-20-6-3-16(19)18-5-4-17-10-13-7-14(11-17)9-15(8-13)12-17/h13-15H,2-12H2,1H3,(H,18,19). The Morgan fingerprint density at radius 1 is 1.15 bits per heavy atom. The average Bonchev–Trinajstić information content (AvgIpc) is 2.37. The predicted octanol–water partition coefficient (Wildman–Crippen LogP) is 3.14. The molecule has 0 saturated heterocycles. The van der Waals surface area contributed by atoms with Crippen molar-refractivity contribution in [2.75, 3.05) is 19.8 Å². The molecule has 4 saturated carbocycles. The van der Waals surface area contributed by atoms with Crippen molar-refractivity contribution in [1.29, 1.82) is 0 Å². The lowest BCUT2D eigenvalue weighted by Gasteiger charge is -2.57. The van der Waals surface area contributed by atoms with Crippen LogP contribution in [0.5, 0.6) is 0 Å². The smallest absolute Gasteiger partial charge is 0.222 e. The van der Waals surface area contributed by atoms with E-state index in [2.05, 4.69) is 5.32 Å². The molecule has 4 bridgehead atoms. The topological polar surface area (TPSA) is 38.3 Å². The van der Waals surface area contributed by atoms with E-state index in [1.165, 1.54) is 44.9 Å². The van der Waals surface area contributed by atoms with Crippen LogP contribution in [0.15, 0.2) is 0 Å². The largest absolute Gasteiger partial charge is 0.381 e. The number of carbonyl (C=O) groups is 1. The lowest BCUT2D eigenvalue weighted by molar-refractivity contribution is -0.122. The van der Waals surface area contributed by atoms with E-state index in [9.17, 15) is 4.79 Å². The Hall–Kier alpha value is -0.570. The normalized spacial score (nSPS) is 38.1. The van der Waals surface area contributed by atoms with Crippen molar-refractivity contribution in [1.82, 2.24) is 5.32 Å². The minimum atomic E-state index is 0.156. The van der Waals surface area contributed by atoms with Crippen molar-refractivity contribution in [3.63, 3.8) is 0 Å². The maximum atomic E-state index is 11.7. The molecule has 114 valence electrons. The highest BCUT2D eigenvalue weighted by Gasteiger charge is 2.50. The van der Waals surface area contributed by atoms with Crippen molar-refractivity contribution in [2.45, 2.75) is 58.3 Å². The molecular weight excluding hydrogens is 250 g/mol. The quantitative estimate of drug-likeness (QED) is 0.727. The molecule has 0 atom stereocenters. The van der Waals surface area contributed by atoms with E-state index in [1.54, 1.807) is 0 Å². The van der Waals surface area contributed by atoms with Crippen LogP contribution in [0.1, 0.15) is 58.3 Å². The molecular formula is C17H29NO2. The minimum absolute atomic E-state index is 0.156. The molecule has 20 heavy (non-hydrogen) atoms. The summed E-state index contributed by atoms with van der Waals surface area (Å²) in [4.78, 5) is 11.7. The van der Waals surface area contributed by atoms with Crippen molar-refractivity contribution >= 4 is 5.91 Å². The van der Waals surface area contributed by atoms with Crippen LogP contribution in [0.4, 0.5) is 0 Å². The molecule has 0 aromatic rings. The molecule has 1 N–H and O–H groups in total. The molecule has 3 nitrogen and oxygen atoms in total. The van der Waals surface area contributed by atoms with E-state index in [1.807, 2.05) is 6.92 Å². The molecule has 0 heterocycles. The van der Waals surface area contributed by atoms with E-state index in [4.69, 9.17) is 4.74 Å². The lowest BCUT2D eigenvalue weighted by Crippen LogP contribution is -2.47. The Labute approximate surface area is 122 Å². The SMILES string of the molecule is CCOCCC(=O)NCCC12CC3CC(CC(C3)C1)C2. The highest BCUT2D eigenvalue weighted by atomic mass is 16.5. The summed E-state index contributed by atoms with van der Waals surface area (Å²) in [5.41, 5.74) is 0.585. The zero-order chi connectivity index (χ0) is 14.0. The molecule has 0 aliphatic heterocycles. The van der Waals surface area contributed by atoms with Gasteiger partial charge in [-0.05, 0) is 75.0 Å². The molecule has 0 unspecified atom stereocenters. The molecule has 0 spiro atoms. The molecule has 4 aliphatic rings. The second-order valence-corrected chi connectivity index (χ2v) is 7.46. The number of hydrogen-bond acceptors (Lipinski definition) is 2. The summed E-state index contributed by atoms with van der Waals surface area (Å²) < 4.78 is 5.22. The molecule has 0 aromatic heterocycles. The van der Waals surface area contributed by atoms with Gasteiger partial charge in [0, 0.05) is 19.6 Å². The zero-order valence-corrected chi connectivity index (χ0v) is 12.8. The number of ether oxygens (including phenoxy) is 1. The zero-order valence-electron chi connectivity index (χ0n) is 12.8. The van der Waals surface area contributed by atoms with E-state index in [0.29, 0.717) is 25.0 Å². The van der Waals surface area contributed by atoms with Gasteiger partial charge in [0.1, 0.15) is 0 Å². The number of hydrogen-bond donors (Lipinski definition) is 1. The van der Waals surface area contributed by atoms with Gasteiger partial charge in [-0.1, -0.05) is 0 Å².